The third-order valence-corrected chi connectivity index (χ3v) is 3.49. The molecule has 1 heterocycles. The van der Waals surface area contributed by atoms with Crippen LogP contribution in [0.5, 0.6) is 0 Å². The van der Waals surface area contributed by atoms with Crippen molar-refractivity contribution in [3.8, 4) is 0 Å². The van der Waals surface area contributed by atoms with Crippen LogP contribution in [0, 0.1) is 0 Å². The van der Waals surface area contributed by atoms with Gasteiger partial charge in [0.25, 0.3) is 0 Å². The number of nitrogens with one attached hydrogen (secondary N) is 1. The lowest BCUT2D eigenvalue weighted by Gasteiger charge is -2.22. The number of hydrogen-bond donors (Lipinski definition) is 1. The van der Waals surface area contributed by atoms with Crippen LogP contribution < -0.4 is 5.32 Å². The Balaban J connectivity index is 2.17. The lowest BCUT2D eigenvalue weighted by Crippen LogP contribution is -2.40. The van der Waals surface area contributed by atoms with Crippen LogP contribution in [-0.2, 0) is 4.79 Å². The number of allylic oxidation sites excluding steroid dienone is 2. The first-order valence-corrected chi connectivity index (χ1v) is 6.63. The highest BCUT2D eigenvalue weighted by atomic mass is 16.2. The Kier molecular flexibility index (Phi) is 5.69. The molecule has 0 aromatic rings. The molecule has 2 unspecified atom stereocenters. The van der Waals surface area contributed by atoms with Crippen LogP contribution in [0.15, 0.2) is 11.6 Å². The molecule has 0 bridgehead atoms. The number of likely N-dealkylation sites (tertiary alicyclic amines) is 1. The van der Waals surface area contributed by atoms with E-state index in [9.17, 15) is 4.79 Å². The fourth-order valence-corrected chi connectivity index (χ4v) is 2.16. The van der Waals surface area contributed by atoms with Gasteiger partial charge in [-0.15, -0.1) is 0 Å². The molecule has 3 heteroatoms. The molecule has 0 saturated carbocycles. The van der Waals surface area contributed by atoms with Gasteiger partial charge in [0.15, 0.2) is 0 Å². The van der Waals surface area contributed by atoms with E-state index in [-0.39, 0.29) is 5.91 Å². The summed E-state index contributed by atoms with van der Waals surface area (Å²) in [6, 6.07) is 0.920. The second kappa shape index (κ2) is 6.80. The average Bonchev–Trinajstić information content (AvgIpc) is 2.57. The molecule has 1 aliphatic heterocycles. The summed E-state index contributed by atoms with van der Waals surface area (Å²) in [5, 5.41) is 3.53. The Labute approximate surface area is 105 Å². The summed E-state index contributed by atoms with van der Waals surface area (Å²) in [6.07, 6.45) is 6.30. The van der Waals surface area contributed by atoms with E-state index in [0.717, 1.165) is 32.2 Å². The topological polar surface area (TPSA) is 32.3 Å². The number of amides is 1. The number of carbonyl (C=O) groups is 1. The minimum Gasteiger partial charge on any atom is -0.341 e. The highest BCUT2D eigenvalue weighted by Gasteiger charge is 2.27. The number of rotatable bonds is 6. The summed E-state index contributed by atoms with van der Waals surface area (Å²) in [5.41, 5.74) is 1.39. The molecule has 1 saturated heterocycles. The fourth-order valence-electron chi connectivity index (χ4n) is 2.16. The molecule has 0 radical (unpaired) electrons. The lowest BCUT2D eigenvalue weighted by atomic mass is 10.1. The molecule has 1 rings (SSSR count). The predicted octanol–water partition coefficient (Wildman–Crippen LogP) is 2.33. The van der Waals surface area contributed by atoms with Crippen LogP contribution in [0.2, 0.25) is 0 Å². The maximum absolute atomic E-state index is 11.4. The zero-order valence-corrected chi connectivity index (χ0v) is 11.6. The maximum atomic E-state index is 11.4. The minimum atomic E-state index is 0.286. The van der Waals surface area contributed by atoms with Crippen molar-refractivity contribution < 1.29 is 4.79 Å². The van der Waals surface area contributed by atoms with Gasteiger partial charge in [0.1, 0.15) is 0 Å². The monoisotopic (exact) mass is 238 g/mol. The van der Waals surface area contributed by atoms with E-state index in [4.69, 9.17) is 0 Å². The van der Waals surface area contributed by atoms with E-state index in [1.807, 2.05) is 11.9 Å². The van der Waals surface area contributed by atoms with Gasteiger partial charge in [0, 0.05) is 32.1 Å². The molecule has 17 heavy (non-hydrogen) atoms. The van der Waals surface area contributed by atoms with Crippen molar-refractivity contribution in [2.45, 2.75) is 58.5 Å². The first-order valence-electron chi connectivity index (χ1n) is 6.63. The summed E-state index contributed by atoms with van der Waals surface area (Å²) in [6.45, 7) is 7.42. The average molecular weight is 238 g/mol. The molecule has 2 atom stereocenters. The Morgan fingerprint density at radius 1 is 1.59 bits per heavy atom. The fraction of sp³-hybridized carbons (Fsp3) is 0.786. The van der Waals surface area contributed by atoms with Crippen molar-refractivity contribution in [1.82, 2.24) is 10.2 Å². The standard InChI is InChI=1S/C14H26N2O/c1-11(2)6-5-7-12(3)15-10-13-8-9-14(17)16(13)4/h6,12-13,15H,5,7-10H2,1-4H3. The van der Waals surface area contributed by atoms with Crippen LogP contribution in [-0.4, -0.2) is 36.5 Å². The SMILES string of the molecule is CC(C)=CCCC(C)NCC1CCC(=O)N1C. The Morgan fingerprint density at radius 3 is 2.82 bits per heavy atom. The highest BCUT2D eigenvalue weighted by Crippen LogP contribution is 2.15. The van der Waals surface area contributed by atoms with Crippen molar-refractivity contribution in [3.63, 3.8) is 0 Å². The summed E-state index contributed by atoms with van der Waals surface area (Å²) in [5.74, 6) is 0.286. The van der Waals surface area contributed by atoms with Crippen LogP contribution >= 0.6 is 0 Å². The number of carbonyl (C=O) groups excluding carboxylic acids is 1. The molecular weight excluding hydrogens is 212 g/mol. The number of hydrogen-bond acceptors (Lipinski definition) is 2. The summed E-state index contributed by atoms with van der Waals surface area (Å²) < 4.78 is 0. The van der Waals surface area contributed by atoms with Gasteiger partial charge in [-0.3, -0.25) is 4.79 Å². The molecule has 0 aromatic heterocycles. The Hall–Kier alpha value is -0.830. The van der Waals surface area contributed by atoms with Crippen molar-refractivity contribution in [3.05, 3.63) is 11.6 Å². The van der Waals surface area contributed by atoms with Gasteiger partial charge < -0.3 is 10.2 Å². The van der Waals surface area contributed by atoms with E-state index < -0.39 is 0 Å². The maximum Gasteiger partial charge on any atom is 0.222 e. The van der Waals surface area contributed by atoms with Gasteiger partial charge in [-0.2, -0.15) is 0 Å². The third-order valence-electron chi connectivity index (χ3n) is 3.49. The van der Waals surface area contributed by atoms with Gasteiger partial charge in [-0.1, -0.05) is 11.6 Å². The van der Waals surface area contributed by atoms with Gasteiger partial charge in [-0.25, -0.2) is 0 Å². The number of nitrogens with zero attached hydrogens (tertiary/aromatic N) is 1. The molecule has 1 amide bonds. The normalized spacial score (nSPS) is 21.8. The highest BCUT2D eigenvalue weighted by molar-refractivity contribution is 5.78. The second-order valence-electron chi connectivity index (χ2n) is 5.37. The van der Waals surface area contributed by atoms with E-state index >= 15 is 0 Å². The van der Waals surface area contributed by atoms with Crippen LogP contribution in [0.4, 0.5) is 0 Å². The van der Waals surface area contributed by atoms with Crippen LogP contribution in [0.25, 0.3) is 0 Å². The number of likely N-dealkylation sites (N-methyl/N-ethyl adjacent to an activating group) is 1. The lowest BCUT2D eigenvalue weighted by molar-refractivity contribution is -0.127. The predicted molar refractivity (Wildman–Crippen MR) is 71.9 cm³/mol. The van der Waals surface area contributed by atoms with Gasteiger partial charge in [0.05, 0.1) is 0 Å². The zero-order chi connectivity index (χ0) is 12.8. The molecule has 3 nitrogen and oxygen atoms in total. The zero-order valence-electron chi connectivity index (χ0n) is 11.6. The Morgan fingerprint density at radius 2 is 2.29 bits per heavy atom. The molecule has 98 valence electrons. The quantitative estimate of drug-likeness (QED) is 0.720. The van der Waals surface area contributed by atoms with Crippen molar-refractivity contribution in [2.75, 3.05) is 13.6 Å². The molecule has 0 aromatic carbocycles. The van der Waals surface area contributed by atoms with E-state index in [0.29, 0.717) is 12.1 Å². The van der Waals surface area contributed by atoms with Crippen LogP contribution in [0.1, 0.15) is 46.5 Å². The van der Waals surface area contributed by atoms with E-state index in [1.54, 1.807) is 0 Å². The first-order chi connectivity index (χ1) is 8.00. The third kappa shape index (κ3) is 4.90. The van der Waals surface area contributed by atoms with Crippen LogP contribution in [0.3, 0.4) is 0 Å². The second-order valence-corrected chi connectivity index (χ2v) is 5.37. The van der Waals surface area contributed by atoms with Gasteiger partial charge >= 0.3 is 0 Å². The van der Waals surface area contributed by atoms with Gasteiger partial charge in [0.2, 0.25) is 5.91 Å². The van der Waals surface area contributed by atoms with Crippen molar-refractivity contribution >= 4 is 5.91 Å². The molecule has 0 aliphatic carbocycles. The summed E-state index contributed by atoms with van der Waals surface area (Å²) in [4.78, 5) is 13.3. The molecule has 1 fully saturated rings. The smallest absolute Gasteiger partial charge is 0.222 e. The largest absolute Gasteiger partial charge is 0.341 e. The van der Waals surface area contributed by atoms with Crippen molar-refractivity contribution in [1.29, 1.82) is 0 Å². The molecule has 0 spiro atoms. The molecular formula is C14H26N2O. The summed E-state index contributed by atoms with van der Waals surface area (Å²) >= 11 is 0. The molecule has 1 aliphatic rings. The first kappa shape index (κ1) is 14.2. The Bertz CT molecular complexity index is 282. The molecule has 1 N–H and O–H groups in total. The van der Waals surface area contributed by atoms with Gasteiger partial charge in [-0.05, 0) is 40.0 Å². The van der Waals surface area contributed by atoms with E-state index in [1.165, 1.54) is 5.57 Å². The summed E-state index contributed by atoms with van der Waals surface area (Å²) in [7, 11) is 1.91. The minimum absolute atomic E-state index is 0.286. The van der Waals surface area contributed by atoms with E-state index in [2.05, 4.69) is 32.2 Å². The van der Waals surface area contributed by atoms with Crippen molar-refractivity contribution in [2.24, 2.45) is 0 Å².